The molecular weight excluding hydrogens is 457 g/mol. The Balaban J connectivity index is 1.33. The van der Waals surface area contributed by atoms with Crippen molar-refractivity contribution in [1.82, 2.24) is 24.9 Å². The van der Waals surface area contributed by atoms with Crippen LogP contribution in [0.15, 0.2) is 61.2 Å². The Morgan fingerprint density at radius 2 is 1.66 bits per heavy atom. The summed E-state index contributed by atoms with van der Waals surface area (Å²) in [4.78, 5) is 22.8. The summed E-state index contributed by atoms with van der Waals surface area (Å²) in [6, 6.07) is 10.1. The first-order valence-corrected chi connectivity index (χ1v) is 10.9. The average molecular weight is 478 g/mol. The molecule has 1 aromatic carbocycles. The van der Waals surface area contributed by atoms with Crippen LogP contribution in [0.3, 0.4) is 0 Å². The Labute approximate surface area is 199 Å². The van der Waals surface area contributed by atoms with Gasteiger partial charge in [-0.25, -0.2) is 19.9 Å². The van der Waals surface area contributed by atoms with Crippen LogP contribution < -0.4 is 15.5 Å². The molecule has 0 bridgehead atoms. The third kappa shape index (κ3) is 5.13. The van der Waals surface area contributed by atoms with Crippen LogP contribution in [0.25, 0.3) is 0 Å². The van der Waals surface area contributed by atoms with Crippen LogP contribution in [0.5, 0.6) is 0 Å². The van der Waals surface area contributed by atoms with Crippen molar-refractivity contribution < 1.29 is 13.2 Å². The van der Waals surface area contributed by atoms with Gasteiger partial charge < -0.3 is 15.5 Å². The van der Waals surface area contributed by atoms with E-state index in [-0.39, 0.29) is 5.95 Å². The lowest BCUT2D eigenvalue weighted by atomic mass is 10.0. The Morgan fingerprint density at radius 3 is 2.46 bits per heavy atom. The van der Waals surface area contributed by atoms with Crippen LogP contribution in [-0.2, 0) is 19.1 Å². The van der Waals surface area contributed by atoms with Gasteiger partial charge in [-0.2, -0.15) is 13.2 Å². The van der Waals surface area contributed by atoms with E-state index < -0.39 is 11.9 Å². The molecule has 8 nitrogen and oxygen atoms in total. The molecule has 0 spiro atoms. The second kappa shape index (κ2) is 9.16. The highest BCUT2D eigenvalue weighted by Crippen LogP contribution is 2.31. The number of halogens is 3. The molecule has 178 valence electrons. The van der Waals surface area contributed by atoms with E-state index in [9.17, 15) is 13.2 Å². The number of pyridine rings is 1. The number of benzene rings is 1. The second-order valence-electron chi connectivity index (χ2n) is 8.09. The highest BCUT2D eigenvalue weighted by Gasteiger charge is 2.32. The minimum Gasteiger partial charge on any atom is -0.366 e. The van der Waals surface area contributed by atoms with Gasteiger partial charge in [-0.15, -0.1) is 0 Å². The van der Waals surface area contributed by atoms with Gasteiger partial charge in [0.2, 0.25) is 11.9 Å². The molecule has 35 heavy (non-hydrogen) atoms. The predicted octanol–water partition coefficient (Wildman–Crippen LogP) is 5.04. The number of hydrogen-bond acceptors (Lipinski definition) is 8. The van der Waals surface area contributed by atoms with E-state index in [0.717, 1.165) is 53.4 Å². The Hall–Kier alpha value is -4.28. The number of anilines is 5. The molecule has 0 radical (unpaired) electrons. The topological polar surface area (TPSA) is 91.8 Å². The van der Waals surface area contributed by atoms with Gasteiger partial charge >= 0.3 is 6.18 Å². The first-order chi connectivity index (χ1) is 16.8. The summed E-state index contributed by atoms with van der Waals surface area (Å²) in [6.07, 6.45) is 2.51. The highest BCUT2D eigenvalue weighted by molar-refractivity contribution is 5.66. The number of aromatic nitrogens is 5. The van der Waals surface area contributed by atoms with E-state index >= 15 is 0 Å². The van der Waals surface area contributed by atoms with Crippen molar-refractivity contribution in [3.63, 3.8) is 0 Å². The molecule has 5 rings (SSSR count). The van der Waals surface area contributed by atoms with Crippen LogP contribution in [0.2, 0.25) is 0 Å². The normalized spacial score (nSPS) is 13.3. The fourth-order valence-electron chi connectivity index (χ4n) is 3.88. The third-order valence-electron chi connectivity index (χ3n) is 5.62. The monoisotopic (exact) mass is 478 g/mol. The van der Waals surface area contributed by atoms with E-state index in [2.05, 4.69) is 40.5 Å². The number of hydrogen-bond donors (Lipinski definition) is 2. The maximum Gasteiger partial charge on any atom is 0.433 e. The van der Waals surface area contributed by atoms with E-state index in [0.29, 0.717) is 18.2 Å². The molecule has 0 amide bonds. The smallest absolute Gasteiger partial charge is 0.366 e. The maximum absolute atomic E-state index is 13.0. The predicted molar refractivity (Wildman–Crippen MR) is 126 cm³/mol. The summed E-state index contributed by atoms with van der Waals surface area (Å²) < 4.78 is 38.9. The minimum atomic E-state index is -4.53. The maximum atomic E-state index is 13.0. The SMILES string of the molecule is Cc1ccc(Nc2nccc(C(F)(F)F)n2)cc1N1CCc2nc(Nc3ccncc3)ncc2C1. The molecule has 4 aromatic rings. The molecule has 2 N–H and O–H groups in total. The number of aryl methyl sites for hydroxylation is 1. The number of nitrogens with zero attached hydrogens (tertiary/aromatic N) is 6. The van der Waals surface area contributed by atoms with E-state index in [4.69, 9.17) is 0 Å². The Bertz CT molecular complexity index is 1340. The van der Waals surface area contributed by atoms with Gasteiger partial charge in [0.15, 0.2) is 0 Å². The van der Waals surface area contributed by atoms with Crippen molar-refractivity contribution in [3.8, 4) is 0 Å². The minimum absolute atomic E-state index is 0.110. The highest BCUT2D eigenvalue weighted by atomic mass is 19.4. The lowest BCUT2D eigenvalue weighted by Gasteiger charge is -2.31. The zero-order chi connectivity index (χ0) is 24.4. The van der Waals surface area contributed by atoms with Crippen molar-refractivity contribution in [3.05, 3.63) is 83.7 Å². The molecular formula is C24H21F3N8. The largest absolute Gasteiger partial charge is 0.433 e. The van der Waals surface area contributed by atoms with Crippen molar-refractivity contribution in [2.24, 2.45) is 0 Å². The second-order valence-corrected chi connectivity index (χ2v) is 8.09. The Kier molecular flexibility index (Phi) is 5.89. The average Bonchev–Trinajstić information content (AvgIpc) is 2.85. The summed E-state index contributed by atoms with van der Waals surface area (Å²) in [7, 11) is 0. The molecule has 0 aliphatic carbocycles. The van der Waals surface area contributed by atoms with Crippen molar-refractivity contribution in [2.75, 3.05) is 22.1 Å². The molecule has 0 saturated carbocycles. The standard InChI is InChI=1S/C24H21F3N8/c1-15-2-3-18(32-22-29-10-6-21(34-22)24(25,26)27)12-20(15)35-11-7-19-16(14-35)13-30-23(33-19)31-17-4-8-28-9-5-17/h2-6,8-10,12-13H,7,11,14H2,1H3,(H,29,32,34)(H,28,30,31,33). The molecule has 1 aliphatic rings. The summed E-state index contributed by atoms with van der Waals surface area (Å²) in [5, 5.41) is 6.07. The van der Waals surface area contributed by atoms with Crippen LogP contribution in [0.1, 0.15) is 22.5 Å². The van der Waals surface area contributed by atoms with E-state index in [1.54, 1.807) is 18.5 Å². The van der Waals surface area contributed by atoms with Gasteiger partial charge in [-0.3, -0.25) is 4.98 Å². The van der Waals surface area contributed by atoms with Crippen LogP contribution in [-0.4, -0.2) is 31.5 Å². The lowest BCUT2D eigenvalue weighted by Crippen LogP contribution is -2.31. The van der Waals surface area contributed by atoms with E-state index in [1.165, 1.54) is 0 Å². The van der Waals surface area contributed by atoms with Gasteiger partial charge in [-0.05, 0) is 42.8 Å². The summed E-state index contributed by atoms with van der Waals surface area (Å²) in [6.45, 7) is 3.35. The van der Waals surface area contributed by atoms with Crippen molar-refractivity contribution in [1.29, 1.82) is 0 Å². The fourth-order valence-corrected chi connectivity index (χ4v) is 3.88. The number of nitrogens with one attached hydrogen (secondary N) is 2. The summed E-state index contributed by atoms with van der Waals surface area (Å²) in [5.74, 6) is 0.424. The first-order valence-electron chi connectivity index (χ1n) is 10.9. The number of rotatable bonds is 5. The molecule has 0 fully saturated rings. The molecule has 1 aliphatic heterocycles. The zero-order valence-corrected chi connectivity index (χ0v) is 18.7. The molecule has 11 heteroatoms. The van der Waals surface area contributed by atoms with Crippen molar-refractivity contribution >= 4 is 29.0 Å². The van der Waals surface area contributed by atoms with E-state index in [1.807, 2.05) is 37.4 Å². The first kappa shape index (κ1) is 22.5. The molecule has 0 atom stereocenters. The number of alkyl halides is 3. The van der Waals surface area contributed by atoms with Crippen molar-refractivity contribution in [2.45, 2.75) is 26.1 Å². The Morgan fingerprint density at radius 1 is 0.886 bits per heavy atom. The lowest BCUT2D eigenvalue weighted by molar-refractivity contribution is -0.141. The molecule has 0 saturated heterocycles. The molecule has 0 unspecified atom stereocenters. The zero-order valence-electron chi connectivity index (χ0n) is 18.7. The molecule has 3 aromatic heterocycles. The number of fused-ring (bicyclic) bond motifs is 1. The van der Waals surface area contributed by atoms with Gasteiger partial charge in [0.1, 0.15) is 5.69 Å². The van der Waals surface area contributed by atoms with Crippen LogP contribution in [0, 0.1) is 6.92 Å². The fraction of sp³-hybridized carbons (Fsp3) is 0.208. The molecule has 4 heterocycles. The quantitative estimate of drug-likeness (QED) is 0.412. The third-order valence-corrected chi connectivity index (χ3v) is 5.62. The van der Waals surface area contributed by atoms with Gasteiger partial charge in [-0.1, -0.05) is 6.07 Å². The summed E-state index contributed by atoms with van der Waals surface area (Å²) in [5.41, 5.74) is 4.48. The van der Waals surface area contributed by atoms with Crippen LogP contribution >= 0.6 is 0 Å². The van der Waals surface area contributed by atoms with Gasteiger partial charge in [0.25, 0.3) is 0 Å². The van der Waals surface area contributed by atoms with Crippen LogP contribution in [0.4, 0.5) is 42.1 Å². The van der Waals surface area contributed by atoms with Gasteiger partial charge in [0.05, 0.1) is 5.69 Å². The summed E-state index contributed by atoms with van der Waals surface area (Å²) >= 11 is 0. The van der Waals surface area contributed by atoms with Gasteiger partial charge in [0, 0.05) is 66.9 Å².